The van der Waals surface area contributed by atoms with Crippen LogP contribution in [-0.2, 0) is 0 Å². The third-order valence-electron chi connectivity index (χ3n) is 3.96. The summed E-state index contributed by atoms with van der Waals surface area (Å²) in [6.45, 7) is 1.85. The highest BCUT2D eigenvalue weighted by Crippen LogP contribution is 2.30. The highest BCUT2D eigenvalue weighted by atomic mass is 16.3. The first-order valence-electron chi connectivity index (χ1n) is 7.76. The largest absolute Gasteiger partial charge is 0.373 e. The molecule has 0 saturated carbocycles. The zero-order valence-corrected chi connectivity index (χ0v) is 13.0. The molecule has 3 heteroatoms. The molecule has 1 aromatic heterocycles. The second-order valence-electron chi connectivity index (χ2n) is 5.43. The van der Waals surface area contributed by atoms with Crippen LogP contribution in [0.15, 0.2) is 77.7 Å². The standard InChI is InChI=1S/C20H19NO2/c1-2-19(22)21-14-8-13-18(20(21)23)17-12-7-6-11-16(17)15-9-4-3-5-10-15/h3-14,19,22H,2H2,1H3. The van der Waals surface area contributed by atoms with E-state index >= 15 is 0 Å². The summed E-state index contributed by atoms with van der Waals surface area (Å²) in [5.41, 5.74) is 3.37. The molecule has 2 aromatic carbocycles. The number of aliphatic hydroxyl groups excluding tert-OH is 1. The fraction of sp³-hybridized carbons (Fsp3) is 0.150. The van der Waals surface area contributed by atoms with Crippen LogP contribution in [0.25, 0.3) is 22.3 Å². The van der Waals surface area contributed by atoms with Crippen LogP contribution >= 0.6 is 0 Å². The van der Waals surface area contributed by atoms with Crippen molar-refractivity contribution in [1.82, 2.24) is 4.57 Å². The van der Waals surface area contributed by atoms with Crippen molar-refractivity contribution in [2.75, 3.05) is 0 Å². The van der Waals surface area contributed by atoms with Crippen LogP contribution in [0.5, 0.6) is 0 Å². The van der Waals surface area contributed by atoms with Gasteiger partial charge in [0.2, 0.25) is 0 Å². The van der Waals surface area contributed by atoms with Gasteiger partial charge >= 0.3 is 0 Å². The number of aromatic nitrogens is 1. The van der Waals surface area contributed by atoms with Crippen molar-refractivity contribution < 1.29 is 5.11 Å². The Bertz CT molecular complexity index is 853. The van der Waals surface area contributed by atoms with Gasteiger partial charge in [0.25, 0.3) is 5.56 Å². The number of benzene rings is 2. The maximum atomic E-state index is 12.8. The Morgan fingerprint density at radius 2 is 1.48 bits per heavy atom. The van der Waals surface area contributed by atoms with Crippen LogP contribution in [0, 0.1) is 0 Å². The molecule has 0 aliphatic rings. The Balaban J connectivity index is 2.20. The number of hydrogen-bond acceptors (Lipinski definition) is 2. The summed E-state index contributed by atoms with van der Waals surface area (Å²) < 4.78 is 1.39. The Morgan fingerprint density at radius 3 is 2.17 bits per heavy atom. The molecule has 0 spiro atoms. The third kappa shape index (κ3) is 2.96. The molecule has 3 rings (SSSR count). The number of aliphatic hydroxyl groups is 1. The van der Waals surface area contributed by atoms with E-state index in [2.05, 4.69) is 0 Å². The molecule has 0 amide bonds. The van der Waals surface area contributed by atoms with Crippen LogP contribution in [0.4, 0.5) is 0 Å². The van der Waals surface area contributed by atoms with E-state index in [4.69, 9.17) is 0 Å². The monoisotopic (exact) mass is 305 g/mol. The zero-order chi connectivity index (χ0) is 16.2. The molecule has 1 unspecified atom stereocenters. The van der Waals surface area contributed by atoms with Crippen molar-refractivity contribution in [3.63, 3.8) is 0 Å². The topological polar surface area (TPSA) is 42.2 Å². The summed E-state index contributed by atoms with van der Waals surface area (Å²) in [7, 11) is 0. The maximum Gasteiger partial charge on any atom is 0.260 e. The van der Waals surface area contributed by atoms with E-state index in [1.807, 2.05) is 67.6 Å². The average Bonchev–Trinajstić information content (AvgIpc) is 2.62. The molecular formula is C20H19NO2. The Labute approximate surface area is 135 Å². The number of hydrogen-bond donors (Lipinski definition) is 1. The lowest BCUT2D eigenvalue weighted by atomic mass is 9.95. The predicted molar refractivity (Wildman–Crippen MR) is 93.1 cm³/mol. The van der Waals surface area contributed by atoms with Crippen LogP contribution in [-0.4, -0.2) is 9.67 Å². The van der Waals surface area contributed by atoms with Crippen molar-refractivity contribution in [2.24, 2.45) is 0 Å². The lowest BCUT2D eigenvalue weighted by Crippen LogP contribution is -2.25. The van der Waals surface area contributed by atoms with Gasteiger partial charge in [0, 0.05) is 11.8 Å². The van der Waals surface area contributed by atoms with Gasteiger partial charge < -0.3 is 5.11 Å². The van der Waals surface area contributed by atoms with Gasteiger partial charge in [-0.1, -0.05) is 61.5 Å². The maximum absolute atomic E-state index is 12.8. The molecule has 0 saturated heterocycles. The number of pyridine rings is 1. The van der Waals surface area contributed by atoms with Gasteiger partial charge in [0.05, 0.1) is 0 Å². The second kappa shape index (κ2) is 6.63. The molecule has 0 fully saturated rings. The zero-order valence-electron chi connectivity index (χ0n) is 13.0. The van der Waals surface area contributed by atoms with Gasteiger partial charge in [-0.05, 0) is 35.2 Å². The fourth-order valence-electron chi connectivity index (χ4n) is 2.73. The van der Waals surface area contributed by atoms with Crippen LogP contribution < -0.4 is 5.56 Å². The lowest BCUT2D eigenvalue weighted by Gasteiger charge is -2.15. The first-order chi connectivity index (χ1) is 11.2. The normalized spacial score (nSPS) is 12.1. The van der Waals surface area contributed by atoms with E-state index in [0.717, 1.165) is 16.7 Å². The first kappa shape index (κ1) is 15.3. The van der Waals surface area contributed by atoms with E-state index in [9.17, 15) is 9.90 Å². The van der Waals surface area contributed by atoms with E-state index in [-0.39, 0.29) is 5.56 Å². The Hall–Kier alpha value is -2.65. The number of nitrogens with zero attached hydrogens (tertiary/aromatic N) is 1. The molecule has 1 heterocycles. The Kier molecular flexibility index (Phi) is 4.40. The molecule has 0 radical (unpaired) electrons. The molecule has 0 aliphatic heterocycles. The minimum Gasteiger partial charge on any atom is -0.373 e. The van der Waals surface area contributed by atoms with E-state index in [1.54, 1.807) is 12.3 Å². The lowest BCUT2D eigenvalue weighted by molar-refractivity contribution is 0.0963. The molecule has 3 nitrogen and oxygen atoms in total. The van der Waals surface area contributed by atoms with Crippen LogP contribution in [0.3, 0.4) is 0 Å². The number of rotatable bonds is 4. The quantitative estimate of drug-likeness (QED) is 0.789. The average molecular weight is 305 g/mol. The van der Waals surface area contributed by atoms with Crippen molar-refractivity contribution in [2.45, 2.75) is 19.6 Å². The molecule has 1 N–H and O–H groups in total. The summed E-state index contributed by atoms with van der Waals surface area (Å²) in [4.78, 5) is 12.8. The Morgan fingerprint density at radius 1 is 0.870 bits per heavy atom. The van der Waals surface area contributed by atoms with Gasteiger partial charge in [-0.3, -0.25) is 9.36 Å². The van der Waals surface area contributed by atoms with Crippen molar-refractivity contribution in [3.05, 3.63) is 83.3 Å². The summed E-state index contributed by atoms with van der Waals surface area (Å²) in [5.74, 6) is 0. The van der Waals surface area contributed by atoms with Gasteiger partial charge in [-0.25, -0.2) is 0 Å². The van der Waals surface area contributed by atoms with E-state index < -0.39 is 6.23 Å². The molecule has 3 aromatic rings. The summed E-state index contributed by atoms with van der Waals surface area (Å²) >= 11 is 0. The smallest absolute Gasteiger partial charge is 0.260 e. The molecule has 0 bridgehead atoms. The van der Waals surface area contributed by atoms with E-state index in [0.29, 0.717) is 12.0 Å². The second-order valence-corrected chi connectivity index (χ2v) is 5.43. The molecular weight excluding hydrogens is 286 g/mol. The first-order valence-corrected chi connectivity index (χ1v) is 7.76. The van der Waals surface area contributed by atoms with Crippen molar-refractivity contribution in [1.29, 1.82) is 0 Å². The van der Waals surface area contributed by atoms with Gasteiger partial charge in [0.15, 0.2) is 0 Å². The highest BCUT2D eigenvalue weighted by molar-refractivity contribution is 5.82. The summed E-state index contributed by atoms with van der Waals surface area (Å²) in [6, 6.07) is 21.5. The van der Waals surface area contributed by atoms with Gasteiger partial charge in [0.1, 0.15) is 6.23 Å². The van der Waals surface area contributed by atoms with Crippen molar-refractivity contribution >= 4 is 0 Å². The minimum absolute atomic E-state index is 0.176. The van der Waals surface area contributed by atoms with Crippen LogP contribution in [0.2, 0.25) is 0 Å². The molecule has 23 heavy (non-hydrogen) atoms. The summed E-state index contributed by atoms with van der Waals surface area (Å²) in [5, 5.41) is 10.0. The highest BCUT2D eigenvalue weighted by Gasteiger charge is 2.13. The minimum atomic E-state index is -0.800. The van der Waals surface area contributed by atoms with E-state index in [1.165, 1.54) is 4.57 Å². The predicted octanol–water partition coefficient (Wildman–Crippen LogP) is 4.08. The molecule has 1 atom stereocenters. The molecule has 116 valence electrons. The van der Waals surface area contributed by atoms with Crippen molar-refractivity contribution in [3.8, 4) is 22.3 Å². The SMILES string of the molecule is CCC(O)n1cccc(-c2ccccc2-c2ccccc2)c1=O. The van der Waals surface area contributed by atoms with Gasteiger partial charge in [-0.2, -0.15) is 0 Å². The van der Waals surface area contributed by atoms with Gasteiger partial charge in [-0.15, -0.1) is 0 Å². The third-order valence-corrected chi connectivity index (χ3v) is 3.96. The fourth-order valence-corrected chi connectivity index (χ4v) is 2.73. The molecule has 0 aliphatic carbocycles. The van der Waals surface area contributed by atoms with Crippen LogP contribution in [0.1, 0.15) is 19.6 Å². The summed E-state index contributed by atoms with van der Waals surface area (Å²) in [6.07, 6.45) is 1.32.